The highest BCUT2D eigenvalue weighted by molar-refractivity contribution is 7.13. The fourth-order valence-corrected chi connectivity index (χ4v) is 2.73. The summed E-state index contributed by atoms with van der Waals surface area (Å²) in [5, 5.41) is 6.11. The van der Waals surface area contributed by atoms with E-state index in [-0.39, 0.29) is 0 Å². The van der Waals surface area contributed by atoms with E-state index < -0.39 is 0 Å². The first-order valence-corrected chi connectivity index (χ1v) is 6.50. The molecule has 0 fully saturated rings. The number of rotatable bonds is 2. The minimum Gasteiger partial charge on any atom is -0.367 e. The van der Waals surface area contributed by atoms with Crippen molar-refractivity contribution in [1.29, 1.82) is 0 Å². The zero-order valence-electron chi connectivity index (χ0n) is 9.88. The Morgan fingerprint density at radius 1 is 1.22 bits per heavy atom. The topological polar surface area (TPSA) is 52.0 Å². The van der Waals surface area contributed by atoms with E-state index in [9.17, 15) is 0 Å². The second-order valence-corrected chi connectivity index (χ2v) is 5.06. The summed E-state index contributed by atoms with van der Waals surface area (Å²) < 4.78 is 5.15. The van der Waals surface area contributed by atoms with Crippen LogP contribution < -0.4 is 5.73 Å². The summed E-state index contributed by atoms with van der Waals surface area (Å²) in [6.45, 7) is 2.05. The number of hydrogen-bond donors (Lipinski definition) is 1. The average Bonchev–Trinajstić information content (AvgIpc) is 2.97. The van der Waals surface area contributed by atoms with Gasteiger partial charge in [0.05, 0.1) is 5.56 Å². The third-order valence-corrected chi connectivity index (χ3v) is 3.66. The molecule has 0 amide bonds. The number of anilines is 1. The van der Waals surface area contributed by atoms with Crippen LogP contribution in [-0.4, -0.2) is 5.16 Å². The Kier molecular flexibility index (Phi) is 2.64. The predicted molar refractivity (Wildman–Crippen MR) is 74.4 cm³/mol. The van der Waals surface area contributed by atoms with Crippen LogP contribution in [-0.2, 0) is 0 Å². The molecule has 3 rings (SSSR count). The number of nitrogens with zero attached hydrogens (tertiary/aromatic N) is 1. The molecule has 4 heteroatoms. The van der Waals surface area contributed by atoms with Crippen LogP contribution in [0.3, 0.4) is 0 Å². The summed E-state index contributed by atoms with van der Waals surface area (Å²) in [7, 11) is 0. The van der Waals surface area contributed by atoms with Gasteiger partial charge >= 0.3 is 0 Å². The van der Waals surface area contributed by atoms with Crippen molar-refractivity contribution >= 4 is 17.2 Å². The zero-order chi connectivity index (χ0) is 12.5. The second kappa shape index (κ2) is 4.31. The molecule has 18 heavy (non-hydrogen) atoms. The van der Waals surface area contributed by atoms with Gasteiger partial charge in [-0.15, -0.1) is 11.3 Å². The van der Waals surface area contributed by atoms with Gasteiger partial charge in [-0.3, -0.25) is 0 Å². The number of aromatic nitrogens is 1. The first-order valence-electron chi connectivity index (χ1n) is 5.62. The molecule has 3 nitrogen and oxygen atoms in total. The predicted octanol–water partition coefficient (Wildman–Crippen LogP) is 3.96. The van der Waals surface area contributed by atoms with Crippen molar-refractivity contribution in [3.63, 3.8) is 0 Å². The van der Waals surface area contributed by atoms with Gasteiger partial charge in [0.25, 0.3) is 0 Å². The Balaban J connectivity index is 2.20. The maximum Gasteiger partial charge on any atom is 0.231 e. The second-order valence-electron chi connectivity index (χ2n) is 4.12. The zero-order valence-corrected chi connectivity index (χ0v) is 10.7. The van der Waals surface area contributed by atoms with Gasteiger partial charge in [0.15, 0.2) is 0 Å². The molecule has 0 spiro atoms. The number of nitrogen functional groups attached to an aromatic ring is 1. The van der Waals surface area contributed by atoms with Crippen LogP contribution in [0, 0.1) is 6.92 Å². The molecule has 0 saturated heterocycles. The SMILES string of the molecule is Cc1cccc(-c2noc(N)c2-c2cccs2)c1. The largest absolute Gasteiger partial charge is 0.367 e. The van der Waals surface area contributed by atoms with Gasteiger partial charge in [0, 0.05) is 10.4 Å². The van der Waals surface area contributed by atoms with E-state index in [1.807, 2.05) is 29.6 Å². The minimum atomic E-state index is 0.369. The average molecular weight is 256 g/mol. The molecule has 0 radical (unpaired) electrons. The van der Waals surface area contributed by atoms with E-state index in [1.165, 1.54) is 5.56 Å². The van der Waals surface area contributed by atoms with Crippen LogP contribution in [0.4, 0.5) is 5.88 Å². The molecule has 2 heterocycles. The van der Waals surface area contributed by atoms with Crippen molar-refractivity contribution in [2.75, 3.05) is 5.73 Å². The van der Waals surface area contributed by atoms with Crippen molar-refractivity contribution in [3.05, 3.63) is 47.3 Å². The molecule has 0 bridgehead atoms. The Morgan fingerprint density at radius 2 is 2.11 bits per heavy atom. The Bertz CT molecular complexity index is 671. The highest BCUT2D eigenvalue weighted by Gasteiger charge is 2.17. The van der Waals surface area contributed by atoms with Crippen molar-refractivity contribution in [1.82, 2.24) is 5.16 Å². The van der Waals surface area contributed by atoms with Crippen molar-refractivity contribution < 1.29 is 4.52 Å². The lowest BCUT2D eigenvalue weighted by Crippen LogP contribution is -1.86. The molecule has 0 unspecified atom stereocenters. The first-order chi connectivity index (χ1) is 8.75. The van der Waals surface area contributed by atoms with E-state index in [1.54, 1.807) is 11.3 Å². The van der Waals surface area contributed by atoms with Gasteiger partial charge in [-0.05, 0) is 24.4 Å². The normalized spacial score (nSPS) is 10.7. The molecule has 2 N–H and O–H groups in total. The van der Waals surface area contributed by atoms with Gasteiger partial charge in [0.1, 0.15) is 5.69 Å². The highest BCUT2D eigenvalue weighted by atomic mass is 32.1. The molecular weight excluding hydrogens is 244 g/mol. The van der Waals surface area contributed by atoms with E-state index >= 15 is 0 Å². The maximum absolute atomic E-state index is 5.89. The lowest BCUT2D eigenvalue weighted by molar-refractivity contribution is 0.439. The van der Waals surface area contributed by atoms with Gasteiger partial charge < -0.3 is 10.3 Å². The van der Waals surface area contributed by atoms with Crippen molar-refractivity contribution in [2.24, 2.45) is 0 Å². The Labute approximate surface area is 109 Å². The summed E-state index contributed by atoms with van der Waals surface area (Å²) in [5.74, 6) is 0.369. The summed E-state index contributed by atoms with van der Waals surface area (Å²) in [5.41, 5.74) is 9.79. The standard InChI is InChI=1S/C14H12N2OS/c1-9-4-2-5-10(8-9)13-12(14(15)17-16-13)11-6-3-7-18-11/h2-8H,15H2,1H3. The Morgan fingerprint density at radius 3 is 2.83 bits per heavy atom. The molecule has 2 aromatic heterocycles. The summed E-state index contributed by atoms with van der Waals surface area (Å²) in [6.07, 6.45) is 0. The van der Waals surface area contributed by atoms with Gasteiger partial charge in [-0.25, -0.2) is 0 Å². The van der Waals surface area contributed by atoms with E-state index in [0.29, 0.717) is 5.88 Å². The smallest absolute Gasteiger partial charge is 0.231 e. The molecule has 0 aliphatic rings. The third kappa shape index (κ3) is 1.80. The number of nitrogens with two attached hydrogens (primary N) is 1. The van der Waals surface area contributed by atoms with E-state index in [4.69, 9.17) is 10.3 Å². The first kappa shape index (κ1) is 11.0. The van der Waals surface area contributed by atoms with E-state index in [2.05, 4.69) is 24.2 Å². The molecule has 0 aliphatic heterocycles. The van der Waals surface area contributed by atoms with Crippen LogP contribution in [0.2, 0.25) is 0 Å². The van der Waals surface area contributed by atoms with Crippen molar-refractivity contribution in [3.8, 4) is 21.7 Å². The summed E-state index contributed by atoms with van der Waals surface area (Å²) in [4.78, 5) is 1.07. The number of aryl methyl sites for hydroxylation is 1. The van der Waals surface area contributed by atoms with Crippen LogP contribution in [0.25, 0.3) is 21.7 Å². The fourth-order valence-electron chi connectivity index (χ4n) is 1.95. The van der Waals surface area contributed by atoms with Crippen LogP contribution >= 0.6 is 11.3 Å². The molecule has 90 valence electrons. The quantitative estimate of drug-likeness (QED) is 0.755. The third-order valence-electron chi connectivity index (χ3n) is 2.78. The van der Waals surface area contributed by atoms with Crippen LogP contribution in [0.1, 0.15) is 5.56 Å². The van der Waals surface area contributed by atoms with Gasteiger partial charge in [-0.2, -0.15) is 0 Å². The van der Waals surface area contributed by atoms with Crippen molar-refractivity contribution in [2.45, 2.75) is 6.92 Å². The molecule has 0 aliphatic carbocycles. The number of benzene rings is 1. The molecule has 3 aromatic rings. The van der Waals surface area contributed by atoms with Crippen LogP contribution in [0.5, 0.6) is 0 Å². The van der Waals surface area contributed by atoms with Gasteiger partial charge in [-0.1, -0.05) is 35.0 Å². The molecular formula is C14H12N2OS. The maximum atomic E-state index is 5.89. The number of thiophene rings is 1. The number of hydrogen-bond acceptors (Lipinski definition) is 4. The molecule has 0 saturated carbocycles. The van der Waals surface area contributed by atoms with E-state index in [0.717, 1.165) is 21.7 Å². The lowest BCUT2D eigenvalue weighted by atomic mass is 10.0. The lowest BCUT2D eigenvalue weighted by Gasteiger charge is -2.01. The van der Waals surface area contributed by atoms with Gasteiger partial charge in [0.2, 0.25) is 5.88 Å². The highest BCUT2D eigenvalue weighted by Crippen LogP contribution is 2.38. The molecule has 1 aromatic carbocycles. The molecule has 0 atom stereocenters. The Hall–Kier alpha value is -2.07. The monoisotopic (exact) mass is 256 g/mol. The summed E-state index contributed by atoms with van der Waals surface area (Å²) >= 11 is 1.63. The van der Waals surface area contributed by atoms with Crippen LogP contribution in [0.15, 0.2) is 46.3 Å². The minimum absolute atomic E-state index is 0.369. The fraction of sp³-hybridized carbons (Fsp3) is 0.0714. The summed E-state index contributed by atoms with van der Waals surface area (Å²) in [6, 6.07) is 12.2.